The van der Waals surface area contributed by atoms with Crippen LogP contribution in [-0.2, 0) is 16.4 Å². The number of hydrogen-bond donors (Lipinski definition) is 1. The van der Waals surface area contributed by atoms with Gasteiger partial charge >= 0.3 is 0 Å². The summed E-state index contributed by atoms with van der Waals surface area (Å²) >= 11 is 0. The molecule has 1 atom stereocenters. The van der Waals surface area contributed by atoms with E-state index in [1.165, 1.54) is 11.1 Å². The van der Waals surface area contributed by atoms with Gasteiger partial charge in [-0.25, -0.2) is 8.42 Å². The van der Waals surface area contributed by atoms with Crippen LogP contribution >= 0.6 is 0 Å². The Morgan fingerprint density at radius 2 is 1.68 bits per heavy atom. The van der Waals surface area contributed by atoms with Crippen LogP contribution in [0.25, 0.3) is 0 Å². The van der Waals surface area contributed by atoms with Gasteiger partial charge in [-0.1, -0.05) is 44.2 Å². The summed E-state index contributed by atoms with van der Waals surface area (Å²) in [5.74, 6) is 1.40. The molecule has 2 aromatic rings. The molecule has 154 valence electrons. The minimum absolute atomic E-state index is 0.0891. The lowest BCUT2D eigenvalue weighted by Crippen LogP contribution is -2.32. The van der Waals surface area contributed by atoms with E-state index in [0.29, 0.717) is 11.6 Å². The maximum atomic E-state index is 11.3. The maximum Gasteiger partial charge on any atom is 0.229 e. The van der Waals surface area contributed by atoms with Crippen molar-refractivity contribution >= 4 is 15.7 Å². The van der Waals surface area contributed by atoms with E-state index in [-0.39, 0.29) is 6.10 Å². The van der Waals surface area contributed by atoms with Gasteiger partial charge in [0.05, 0.1) is 6.26 Å². The van der Waals surface area contributed by atoms with E-state index < -0.39 is 10.0 Å². The van der Waals surface area contributed by atoms with Gasteiger partial charge in [0.1, 0.15) is 11.9 Å². The summed E-state index contributed by atoms with van der Waals surface area (Å²) in [6, 6.07) is 15.7. The lowest BCUT2D eigenvalue weighted by atomic mass is 10.0. The summed E-state index contributed by atoms with van der Waals surface area (Å²) in [6.45, 7) is 8.18. The Labute approximate surface area is 169 Å². The lowest BCUT2D eigenvalue weighted by molar-refractivity contribution is 0.161. The number of ether oxygens (including phenoxy) is 1. The Morgan fingerprint density at radius 1 is 1.04 bits per heavy atom. The number of nitrogens with one attached hydrogen (secondary N) is 1. The molecule has 0 amide bonds. The van der Waals surface area contributed by atoms with Crippen LogP contribution in [0, 0.1) is 0 Å². The highest BCUT2D eigenvalue weighted by molar-refractivity contribution is 7.92. The minimum atomic E-state index is -3.24. The van der Waals surface area contributed by atoms with Crippen LogP contribution in [0.4, 0.5) is 5.69 Å². The predicted octanol–water partition coefficient (Wildman–Crippen LogP) is 4.12. The van der Waals surface area contributed by atoms with Crippen LogP contribution in [0.5, 0.6) is 5.75 Å². The lowest BCUT2D eigenvalue weighted by Gasteiger charge is -2.24. The van der Waals surface area contributed by atoms with Crippen LogP contribution < -0.4 is 9.46 Å². The van der Waals surface area contributed by atoms with Crippen molar-refractivity contribution in [2.75, 3.05) is 31.1 Å². The van der Waals surface area contributed by atoms with Gasteiger partial charge in [0, 0.05) is 18.8 Å². The monoisotopic (exact) mass is 404 g/mol. The van der Waals surface area contributed by atoms with Gasteiger partial charge in [0.15, 0.2) is 0 Å². The summed E-state index contributed by atoms with van der Waals surface area (Å²) in [5, 5.41) is 0. The summed E-state index contributed by atoms with van der Waals surface area (Å²) in [6.07, 6.45) is 2.13. The molecule has 5 nitrogen and oxygen atoms in total. The second-order valence-electron chi connectivity index (χ2n) is 7.70. The van der Waals surface area contributed by atoms with Crippen molar-refractivity contribution in [2.45, 2.75) is 39.2 Å². The Bertz CT molecular complexity index is 848. The molecule has 0 heterocycles. The first kappa shape index (κ1) is 22.2. The van der Waals surface area contributed by atoms with Gasteiger partial charge in [-0.2, -0.15) is 0 Å². The van der Waals surface area contributed by atoms with E-state index >= 15 is 0 Å². The highest BCUT2D eigenvalue weighted by Crippen LogP contribution is 2.26. The van der Waals surface area contributed by atoms with Gasteiger partial charge in [0.25, 0.3) is 0 Å². The van der Waals surface area contributed by atoms with E-state index in [4.69, 9.17) is 4.74 Å². The first-order chi connectivity index (χ1) is 13.1. The van der Waals surface area contributed by atoms with Crippen LogP contribution in [-0.4, -0.2) is 45.8 Å². The van der Waals surface area contributed by atoms with Gasteiger partial charge in [-0.3, -0.25) is 4.72 Å². The van der Waals surface area contributed by atoms with Crippen molar-refractivity contribution < 1.29 is 13.2 Å². The minimum Gasteiger partial charge on any atom is -0.489 e. The topological polar surface area (TPSA) is 58.6 Å². The Kier molecular flexibility index (Phi) is 7.89. The number of para-hydroxylation sites is 1. The highest BCUT2D eigenvalue weighted by atomic mass is 32.2. The van der Waals surface area contributed by atoms with Gasteiger partial charge in [-0.05, 0) is 55.6 Å². The Balaban J connectivity index is 1.83. The number of rotatable bonds is 10. The fraction of sp³-hybridized carbons (Fsp3) is 0.455. The molecule has 1 unspecified atom stereocenters. The molecule has 0 aliphatic heterocycles. The fourth-order valence-corrected chi connectivity index (χ4v) is 3.69. The molecule has 28 heavy (non-hydrogen) atoms. The molecular formula is C22H32N2O3S. The van der Waals surface area contributed by atoms with Crippen molar-refractivity contribution in [1.29, 1.82) is 0 Å². The maximum absolute atomic E-state index is 11.3. The van der Waals surface area contributed by atoms with E-state index in [2.05, 4.69) is 49.6 Å². The second-order valence-corrected chi connectivity index (χ2v) is 9.45. The molecule has 2 aromatic carbocycles. The van der Waals surface area contributed by atoms with E-state index in [1.807, 2.05) is 24.3 Å². The average molecular weight is 405 g/mol. The largest absolute Gasteiger partial charge is 0.489 e. The standard InChI is InChI=1S/C22H32N2O3S/c1-17(2)21-8-6-7-9-22(21)27-18(3)16-24(4)15-14-19-10-12-20(13-11-19)23-28(5,25)26/h6-13,17-18,23H,14-16H2,1-5H3. The molecule has 1 N–H and O–H groups in total. The van der Waals surface area contributed by atoms with Gasteiger partial charge in [-0.15, -0.1) is 0 Å². The van der Waals surface area contributed by atoms with Crippen molar-refractivity contribution in [2.24, 2.45) is 0 Å². The number of benzene rings is 2. The summed E-state index contributed by atoms with van der Waals surface area (Å²) in [7, 11) is -1.14. The zero-order chi connectivity index (χ0) is 20.7. The Morgan fingerprint density at radius 3 is 2.29 bits per heavy atom. The summed E-state index contributed by atoms with van der Waals surface area (Å²) in [4.78, 5) is 2.26. The van der Waals surface area contributed by atoms with Crippen LogP contribution in [0.2, 0.25) is 0 Å². The predicted molar refractivity (Wildman–Crippen MR) is 117 cm³/mol. The highest BCUT2D eigenvalue weighted by Gasteiger charge is 2.12. The first-order valence-corrected chi connectivity index (χ1v) is 11.5. The molecule has 0 fully saturated rings. The number of sulfonamides is 1. The van der Waals surface area contributed by atoms with E-state index in [1.54, 1.807) is 12.1 Å². The molecule has 2 rings (SSSR count). The third kappa shape index (κ3) is 7.52. The first-order valence-electron chi connectivity index (χ1n) is 9.65. The molecule has 0 radical (unpaired) electrons. The molecule has 0 spiro atoms. The van der Waals surface area contributed by atoms with Crippen molar-refractivity contribution in [1.82, 2.24) is 4.90 Å². The zero-order valence-corrected chi connectivity index (χ0v) is 18.3. The van der Waals surface area contributed by atoms with Crippen LogP contribution in [0.15, 0.2) is 48.5 Å². The number of likely N-dealkylation sites (N-methyl/N-ethyl adjacent to an activating group) is 1. The molecule has 0 aromatic heterocycles. The molecule has 0 aliphatic carbocycles. The van der Waals surface area contributed by atoms with Gasteiger partial charge in [0.2, 0.25) is 10.0 Å². The number of nitrogens with zero attached hydrogens (tertiary/aromatic N) is 1. The van der Waals surface area contributed by atoms with Gasteiger partial charge < -0.3 is 9.64 Å². The smallest absolute Gasteiger partial charge is 0.229 e. The van der Waals surface area contributed by atoms with Crippen molar-refractivity contribution in [3.63, 3.8) is 0 Å². The normalized spacial score (nSPS) is 13.0. The second kappa shape index (κ2) is 9.94. The summed E-state index contributed by atoms with van der Waals surface area (Å²) in [5.41, 5.74) is 3.00. The zero-order valence-electron chi connectivity index (χ0n) is 17.5. The number of hydrogen-bond acceptors (Lipinski definition) is 4. The molecule has 6 heteroatoms. The molecule has 0 bridgehead atoms. The third-order valence-corrected chi connectivity index (χ3v) is 5.08. The van der Waals surface area contributed by atoms with Crippen molar-refractivity contribution in [3.05, 3.63) is 59.7 Å². The molecular weight excluding hydrogens is 372 g/mol. The van der Waals surface area contributed by atoms with Crippen molar-refractivity contribution in [3.8, 4) is 5.75 Å². The fourth-order valence-electron chi connectivity index (χ4n) is 3.12. The SMILES string of the molecule is CC(CN(C)CCc1ccc(NS(C)(=O)=O)cc1)Oc1ccccc1C(C)C. The molecule has 0 saturated heterocycles. The Hall–Kier alpha value is -2.05. The van der Waals surface area contributed by atoms with E-state index in [9.17, 15) is 8.42 Å². The van der Waals surface area contributed by atoms with Crippen LogP contribution in [0.3, 0.4) is 0 Å². The van der Waals surface area contributed by atoms with E-state index in [0.717, 1.165) is 31.5 Å². The quantitative estimate of drug-likeness (QED) is 0.647. The third-order valence-electron chi connectivity index (χ3n) is 4.48. The molecule has 0 saturated carbocycles. The number of anilines is 1. The summed E-state index contributed by atoms with van der Waals surface area (Å²) < 4.78 is 31.2. The average Bonchev–Trinajstić information content (AvgIpc) is 2.60. The molecule has 0 aliphatic rings. The van der Waals surface area contributed by atoms with Crippen LogP contribution in [0.1, 0.15) is 37.8 Å².